The van der Waals surface area contributed by atoms with Crippen LogP contribution in [0.3, 0.4) is 0 Å². The molecule has 4 rings (SSSR count). The van der Waals surface area contributed by atoms with Crippen LogP contribution < -0.4 is 0 Å². The number of fused-ring (bicyclic) bond motifs is 5. The number of rotatable bonds is 4. The summed E-state index contributed by atoms with van der Waals surface area (Å²) in [5.41, 5.74) is 0.216. The Hall–Kier alpha value is -0.610. The fourth-order valence-corrected chi connectivity index (χ4v) is 8.71. The van der Waals surface area contributed by atoms with Crippen molar-refractivity contribution < 1.29 is 20.1 Å². The predicted octanol–water partition coefficient (Wildman–Crippen LogP) is 4.48. The Morgan fingerprint density at radius 3 is 2.50 bits per heavy atom. The van der Waals surface area contributed by atoms with Gasteiger partial charge in [-0.2, -0.15) is 0 Å². The molecule has 0 saturated heterocycles. The van der Waals surface area contributed by atoms with E-state index in [1.54, 1.807) is 0 Å². The summed E-state index contributed by atoms with van der Waals surface area (Å²) in [7, 11) is 0. The fraction of sp³-hybridized carbons (Fsp3) is 0.958. The van der Waals surface area contributed by atoms with Crippen molar-refractivity contribution in [1.82, 2.24) is 0 Å². The second-order valence-electron chi connectivity index (χ2n) is 11.3. The van der Waals surface area contributed by atoms with Crippen LogP contribution in [0.2, 0.25) is 0 Å². The zero-order valence-electron chi connectivity index (χ0n) is 17.9. The maximum Gasteiger partial charge on any atom is 0.303 e. The summed E-state index contributed by atoms with van der Waals surface area (Å²) in [4.78, 5) is 11.1. The third-order valence-electron chi connectivity index (χ3n) is 10.3. The summed E-state index contributed by atoms with van der Waals surface area (Å²) in [6.07, 6.45) is 9.26. The number of aliphatic hydroxyl groups excluding tert-OH is 2. The van der Waals surface area contributed by atoms with Gasteiger partial charge in [-0.15, -0.1) is 0 Å². The highest BCUT2D eigenvalue weighted by molar-refractivity contribution is 5.66. The Balaban J connectivity index is 1.56. The first-order chi connectivity index (χ1) is 13.2. The van der Waals surface area contributed by atoms with Gasteiger partial charge >= 0.3 is 5.97 Å². The first-order valence-corrected chi connectivity index (χ1v) is 11.8. The molecule has 4 aliphatic carbocycles. The number of aliphatic carboxylic acids is 1. The van der Waals surface area contributed by atoms with Gasteiger partial charge in [-0.05, 0) is 104 Å². The van der Waals surface area contributed by atoms with E-state index in [4.69, 9.17) is 5.11 Å². The Kier molecular flexibility index (Phi) is 5.36. The average Bonchev–Trinajstić information content (AvgIpc) is 3.00. The third kappa shape index (κ3) is 3.05. The summed E-state index contributed by atoms with van der Waals surface area (Å²) < 4.78 is 0. The smallest absolute Gasteiger partial charge is 0.303 e. The van der Waals surface area contributed by atoms with Crippen molar-refractivity contribution in [3.8, 4) is 0 Å². The number of aliphatic hydroxyl groups is 2. The van der Waals surface area contributed by atoms with Crippen molar-refractivity contribution in [2.45, 2.75) is 97.2 Å². The van der Waals surface area contributed by atoms with Gasteiger partial charge in [-0.3, -0.25) is 4.79 Å². The van der Waals surface area contributed by atoms with Gasteiger partial charge in [0.2, 0.25) is 0 Å². The van der Waals surface area contributed by atoms with Crippen molar-refractivity contribution in [2.24, 2.45) is 46.3 Å². The van der Waals surface area contributed by atoms with E-state index in [9.17, 15) is 15.0 Å². The first kappa shape index (κ1) is 20.7. The van der Waals surface area contributed by atoms with Crippen molar-refractivity contribution in [1.29, 1.82) is 0 Å². The van der Waals surface area contributed by atoms with Crippen LogP contribution in [-0.4, -0.2) is 33.5 Å². The van der Waals surface area contributed by atoms with Crippen LogP contribution in [0.1, 0.15) is 85.0 Å². The molecule has 0 spiro atoms. The molecule has 28 heavy (non-hydrogen) atoms. The van der Waals surface area contributed by atoms with Gasteiger partial charge in [0.25, 0.3) is 0 Å². The topological polar surface area (TPSA) is 77.8 Å². The molecule has 0 aromatic rings. The number of hydrogen-bond donors (Lipinski definition) is 3. The van der Waals surface area contributed by atoms with Crippen molar-refractivity contribution >= 4 is 5.97 Å². The van der Waals surface area contributed by atoms with E-state index in [0.717, 1.165) is 38.5 Å². The molecule has 4 saturated carbocycles. The van der Waals surface area contributed by atoms with Crippen molar-refractivity contribution in [2.75, 3.05) is 0 Å². The van der Waals surface area contributed by atoms with Gasteiger partial charge in [0.15, 0.2) is 0 Å². The molecule has 4 aliphatic rings. The minimum absolute atomic E-state index is 0.0591. The molecule has 0 aromatic heterocycles. The SMILES string of the molecule is C[C@H](CCC(=O)O)[C@@H]1CC[C@H]2[C@H]3CC[C@H]4C[C@H](O)CC[C@]4(C)[C@@H]3C[C@H](O)[C@]21C. The molecule has 4 fully saturated rings. The van der Waals surface area contributed by atoms with Crippen LogP contribution in [0.25, 0.3) is 0 Å². The molecule has 4 nitrogen and oxygen atoms in total. The Morgan fingerprint density at radius 2 is 1.79 bits per heavy atom. The number of hydrogen-bond acceptors (Lipinski definition) is 3. The van der Waals surface area contributed by atoms with Crippen LogP contribution in [0.15, 0.2) is 0 Å². The fourth-order valence-electron chi connectivity index (χ4n) is 8.71. The number of carboxylic acid groups (broad SMARTS) is 1. The lowest BCUT2D eigenvalue weighted by atomic mass is 9.43. The van der Waals surface area contributed by atoms with E-state index in [1.807, 2.05) is 0 Å². The quantitative estimate of drug-likeness (QED) is 0.659. The largest absolute Gasteiger partial charge is 0.481 e. The Morgan fingerprint density at radius 1 is 1.04 bits per heavy atom. The molecule has 3 N–H and O–H groups in total. The minimum Gasteiger partial charge on any atom is -0.481 e. The number of carbonyl (C=O) groups is 1. The van der Waals surface area contributed by atoms with Gasteiger partial charge < -0.3 is 15.3 Å². The van der Waals surface area contributed by atoms with Crippen LogP contribution in [0.5, 0.6) is 0 Å². The molecule has 4 heteroatoms. The summed E-state index contributed by atoms with van der Waals surface area (Å²) in [6.45, 7) is 6.99. The monoisotopic (exact) mass is 392 g/mol. The molecule has 0 aromatic carbocycles. The highest BCUT2D eigenvalue weighted by atomic mass is 16.4. The van der Waals surface area contributed by atoms with Gasteiger partial charge in [-0.1, -0.05) is 20.8 Å². The molecule has 0 amide bonds. The van der Waals surface area contributed by atoms with Crippen molar-refractivity contribution in [3.63, 3.8) is 0 Å². The van der Waals surface area contributed by atoms with Gasteiger partial charge in [-0.25, -0.2) is 0 Å². The standard InChI is InChI=1S/C24H40O4/c1-14(4-9-22(27)28)18-7-8-19-17-6-5-15-12-16(25)10-11-23(15,2)20(17)13-21(26)24(18,19)3/h14-21,25-26H,4-13H2,1-3H3,(H,27,28)/t14-,15+,16-,17-,18+,19+,20-,21+,23+,24+/m1/s1. The predicted molar refractivity (Wildman–Crippen MR) is 109 cm³/mol. The zero-order chi connectivity index (χ0) is 20.3. The molecular formula is C24H40O4. The lowest BCUT2D eigenvalue weighted by Gasteiger charge is -2.62. The molecule has 0 heterocycles. The number of carboxylic acids is 1. The normalized spacial score (nSPS) is 51.7. The highest BCUT2D eigenvalue weighted by Crippen LogP contribution is 2.68. The van der Waals surface area contributed by atoms with Crippen LogP contribution >= 0.6 is 0 Å². The molecule has 0 bridgehead atoms. The van der Waals surface area contributed by atoms with Crippen molar-refractivity contribution in [3.05, 3.63) is 0 Å². The van der Waals surface area contributed by atoms with Gasteiger partial charge in [0.05, 0.1) is 12.2 Å². The first-order valence-electron chi connectivity index (χ1n) is 11.8. The molecule has 0 unspecified atom stereocenters. The van der Waals surface area contributed by atoms with E-state index < -0.39 is 5.97 Å². The second kappa shape index (κ2) is 7.27. The third-order valence-corrected chi connectivity index (χ3v) is 10.3. The maximum atomic E-state index is 11.5. The Labute approximate surface area is 170 Å². The summed E-state index contributed by atoms with van der Waals surface area (Å²) in [5.74, 6) is 2.55. The second-order valence-corrected chi connectivity index (χ2v) is 11.3. The van der Waals surface area contributed by atoms with Crippen LogP contribution in [0, 0.1) is 46.3 Å². The van der Waals surface area contributed by atoms with Crippen LogP contribution in [-0.2, 0) is 4.79 Å². The lowest BCUT2D eigenvalue weighted by Crippen LogP contribution is -2.58. The highest BCUT2D eigenvalue weighted by Gasteiger charge is 2.63. The average molecular weight is 393 g/mol. The maximum absolute atomic E-state index is 11.5. The molecule has 0 radical (unpaired) electrons. The van der Waals surface area contributed by atoms with E-state index in [-0.39, 0.29) is 29.5 Å². The van der Waals surface area contributed by atoms with E-state index in [1.165, 1.54) is 19.3 Å². The summed E-state index contributed by atoms with van der Waals surface area (Å²) in [6, 6.07) is 0. The molecule has 0 aliphatic heterocycles. The van der Waals surface area contributed by atoms with E-state index >= 15 is 0 Å². The molecular weight excluding hydrogens is 352 g/mol. The Bertz CT molecular complexity index is 605. The van der Waals surface area contributed by atoms with Gasteiger partial charge in [0, 0.05) is 6.42 Å². The van der Waals surface area contributed by atoms with Gasteiger partial charge in [0.1, 0.15) is 0 Å². The summed E-state index contributed by atoms with van der Waals surface area (Å²) >= 11 is 0. The lowest BCUT2D eigenvalue weighted by molar-refractivity contribution is -0.175. The van der Waals surface area contributed by atoms with E-state index in [0.29, 0.717) is 35.5 Å². The zero-order valence-corrected chi connectivity index (χ0v) is 17.9. The molecule has 160 valence electrons. The summed E-state index contributed by atoms with van der Waals surface area (Å²) in [5, 5.41) is 30.8. The molecule has 10 atom stereocenters. The van der Waals surface area contributed by atoms with E-state index in [2.05, 4.69) is 20.8 Å². The van der Waals surface area contributed by atoms with Crippen LogP contribution in [0.4, 0.5) is 0 Å². The minimum atomic E-state index is -0.707.